The fourth-order valence-corrected chi connectivity index (χ4v) is 4.10. The molecule has 0 saturated heterocycles. The molecule has 0 amide bonds. The molecule has 0 fully saturated rings. The van der Waals surface area contributed by atoms with Crippen LogP contribution in [0.4, 0.5) is 4.39 Å². The Labute approximate surface area is 142 Å². The van der Waals surface area contributed by atoms with E-state index < -0.39 is 0 Å². The van der Waals surface area contributed by atoms with Crippen LogP contribution < -0.4 is 5.76 Å². The average Bonchev–Trinajstić information content (AvgIpc) is 2.73. The number of halogens is 3. The lowest BCUT2D eigenvalue weighted by Gasteiger charge is -2.12. The molecule has 3 nitrogen and oxygen atoms in total. The van der Waals surface area contributed by atoms with E-state index in [1.165, 1.54) is 16.7 Å². The van der Waals surface area contributed by atoms with Gasteiger partial charge in [0.1, 0.15) is 5.82 Å². The van der Waals surface area contributed by atoms with Gasteiger partial charge in [-0.05, 0) is 58.0 Å². The van der Waals surface area contributed by atoms with Gasteiger partial charge < -0.3 is 4.42 Å². The number of benzene rings is 2. The minimum Gasteiger partial charge on any atom is -0.408 e. The Kier molecular flexibility index (Phi) is 3.92. The van der Waals surface area contributed by atoms with E-state index in [1.54, 1.807) is 13.1 Å². The number of hydrogen-bond acceptors (Lipinski definition) is 2. The van der Waals surface area contributed by atoms with Crippen molar-refractivity contribution >= 4 is 49.6 Å². The molecule has 0 saturated carbocycles. The maximum absolute atomic E-state index is 13.2. The average molecular weight is 462 g/mol. The van der Waals surface area contributed by atoms with Gasteiger partial charge in [0.25, 0.3) is 0 Å². The molecule has 108 valence electrons. The van der Waals surface area contributed by atoms with Crippen molar-refractivity contribution in [2.45, 2.75) is 4.83 Å². The van der Waals surface area contributed by atoms with Crippen LogP contribution in [-0.4, -0.2) is 4.57 Å². The lowest BCUT2D eigenvalue weighted by molar-refractivity contribution is 0.528. The Morgan fingerprint density at radius 3 is 2.76 bits per heavy atom. The van der Waals surface area contributed by atoms with Crippen LogP contribution in [-0.2, 0) is 7.05 Å². The molecule has 0 aliphatic rings. The summed E-state index contributed by atoms with van der Waals surface area (Å²) in [5.74, 6) is -0.642. The van der Waals surface area contributed by atoms with Crippen molar-refractivity contribution in [1.29, 1.82) is 0 Å². The fourth-order valence-electron chi connectivity index (χ4n) is 2.19. The summed E-state index contributed by atoms with van der Waals surface area (Å²) in [6.07, 6.45) is 0. The molecule has 1 unspecified atom stereocenters. The van der Waals surface area contributed by atoms with Crippen LogP contribution in [0.1, 0.15) is 16.0 Å². The quantitative estimate of drug-likeness (QED) is 0.420. The highest BCUT2D eigenvalue weighted by molar-refractivity contribution is 14.1. The number of aryl methyl sites for hydroxylation is 1. The normalized spacial score (nSPS) is 12.8. The van der Waals surface area contributed by atoms with Crippen molar-refractivity contribution in [1.82, 2.24) is 4.57 Å². The third-order valence-electron chi connectivity index (χ3n) is 3.34. The summed E-state index contributed by atoms with van der Waals surface area (Å²) in [5.41, 5.74) is 3.20. The van der Waals surface area contributed by atoms with Crippen molar-refractivity contribution < 1.29 is 8.81 Å². The molecule has 1 atom stereocenters. The number of rotatable bonds is 2. The predicted molar refractivity (Wildman–Crippen MR) is 91.3 cm³/mol. The molecule has 1 aromatic heterocycles. The maximum Gasteiger partial charge on any atom is 0.419 e. The predicted octanol–water partition coefficient (Wildman–Crippen LogP) is 4.36. The standard InChI is InChI=1S/C15H10BrFINO2/c1-19-12-5-2-8(6-13(12)21-15(19)20)14(16)10-4-3-9(17)7-11(10)18/h2-7,14H,1H3. The molecule has 0 bridgehead atoms. The first kappa shape index (κ1) is 14.8. The second-order valence-electron chi connectivity index (χ2n) is 4.68. The zero-order valence-corrected chi connectivity index (χ0v) is 14.7. The van der Waals surface area contributed by atoms with E-state index in [4.69, 9.17) is 4.42 Å². The Morgan fingerprint density at radius 2 is 2.05 bits per heavy atom. The van der Waals surface area contributed by atoms with Gasteiger partial charge in [-0.2, -0.15) is 0 Å². The molecule has 6 heteroatoms. The van der Waals surface area contributed by atoms with Crippen LogP contribution in [0.3, 0.4) is 0 Å². The molecular formula is C15H10BrFINO2. The highest BCUT2D eigenvalue weighted by Gasteiger charge is 2.16. The van der Waals surface area contributed by atoms with E-state index in [0.717, 1.165) is 20.2 Å². The topological polar surface area (TPSA) is 35.1 Å². The molecule has 3 aromatic rings. The molecule has 21 heavy (non-hydrogen) atoms. The van der Waals surface area contributed by atoms with E-state index in [0.29, 0.717) is 5.58 Å². The number of hydrogen-bond donors (Lipinski definition) is 0. The summed E-state index contributed by atoms with van der Waals surface area (Å²) in [7, 11) is 1.67. The number of alkyl halides is 1. The van der Waals surface area contributed by atoms with E-state index in [1.807, 2.05) is 18.2 Å². The van der Waals surface area contributed by atoms with E-state index in [2.05, 4.69) is 38.5 Å². The smallest absolute Gasteiger partial charge is 0.408 e. The molecule has 0 N–H and O–H groups in total. The number of oxazole rings is 1. The van der Waals surface area contributed by atoms with Gasteiger partial charge in [-0.15, -0.1) is 0 Å². The second-order valence-corrected chi connectivity index (χ2v) is 6.76. The van der Waals surface area contributed by atoms with Gasteiger partial charge in [0.15, 0.2) is 5.58 Å². The SMILES string of the molecule is Cn1c(=O)oc2cc(C(Br)c3ccc(F)cc3I)ccc21. The minimum absolute atomic E-state index is 0.0973. The lowest BCUT2D eigenvalue weighted by Crippen LogP contribution is -2.08. The van der Waals surface area contributed by atoms with Crippen molar-refractivity contribution in [2.24, 2.45) is 7.05 Å². The molecule has 0 aliphatic heterocycles. The van der Waals surface area contributed by atoms with Crippen molar-refractivity contribution in [3.63, 3.8) is 0 Å². The van der Waals surface area contributed by atoms with Crippen LogP contribution >= 0.6 is 38.5 Å². The van der Waals surface area contributed by atoms with Crippen LogP contribution in [0.25, 0.3) is 11.1 Å². The Bertz CT molecular complexity index is 887. The summed E-state index contributed by atoms with van der Waals surface area (Å²) in [4.78, 5) is 11.4. The number of nitrogens with zero attached hydrogens (tertiary/aromatic N) is 1. The van der Waals surface area contributed by atoms with Gasteiger partial charge >= 0.3 is 5.76 Å². The van der Waals surface area contributed by atoms with E-state index in [9.17, 15) is 9.18 Å². The maximum atomic E-state index is 13.2. The number of fused-ring (bicyclic) bond motifs is 1. The van der Waals surface area contributed by atoms with Crippen molar-refractivity contribution in [3.05, 3.63) is 67.5 Å². The molecular weight excluding hydrogens is 452 g/mol. The fraction of sp³-hybridized carbons (Fsp3) is 0.133. The van der Waals surface area contributed by atoms with Gasteiger partial charge in [-0.1, -0.05) is 28.1 Å². The third-order valence-corrected chi connectivity index (χ3v) is 5.30. The highest BCUT2D eigenvalue weighted by atomic mass is 127. The summed E-state index contributed by atoms with van der Waals surface area (Å²) < 4.78 is 20.7. The van der Waals surface area contributed by atoms with Gasteiger partial charge in [0, 0.05) is 10.6 Å². The van der Waals surface area contributed by atoms with Crippen LogP contribution in [0, 0.1) is 9.39 Å². The first-order valence-electron chi connectivity index (χ1n) is 6.16. The first-order chi connectivity index (χ1) is 9.97. The van der Waals surface area contributed by atoms with Gasteiger partial charge in [0.05, 0.1) is 10.3 Å². The number of aromatic nitrogens is 1. The molecule has 1 heterocycles. The van der Waals surface area contributed by atoms with Crippen molar-refractivity contribution in [3.8, 4) is 0 Å². The highest BCUT2D eigenvalue weighted by Crippen LogP contribution is 2.35. The molecule has 0 aliphatic carbocycles. The van der Waals surface area contributed by atoms with Crippen LogP contribution in [0.5, 0.6) is 0 Å². The minimum atomic E-state index is -0.385. The van der Waals surface area contributed by atoms with Gasteiger partial charge in [0.2, 0.25) is 0 Å². The molecule has 0 radical (unpaired) electrons. The zero-order chi connectivity index (χ0) is 15.1. The third kappa shape index (κ3) is 2.66. The van der Waals surface area contributed by atoms with Gasteiger partial charge in [-0.3, -0.25) is 4.57 Å². The second kappa shape index (κ2) is 5.57. The lowest BCUT2D eigenvalue weighted by atomic mass is 10.0. The molecule has 0 spiro atoms. The summed E-state index contributed by atoms with van der Waals surface area (Å²) in [5, 5.41) is 0. The largest absolute Gasteiger partial charge is 0.419 e. The van der Waals surface area contributed by atoms with E-state index in [-0.39, 0.29) is 16.4 Å². The Hall–Kier alpha value is -1.15. The monoisotopic (exact) mass is 461 g/mol. The Balaban J connectivity index is 2.09. The zero-order valence-electron chi connectivity index (χ0n) is 10.9. The summed E-state index contributed by atoms with van der Waals surface area (Å²) in [6, 6.07) is 10.3. The molecule has 2 aromatic carbocycles. The first-order valence-corrected chi connectivity index (χ1v) is 8.15. The summed E-state index contributed by atoms with van der Waals surface area (Å²) >= 11 is 5.73. The van der Waals surface area contributed by atoms with Crippen LogP contribution in [0.15, 0.2) is 45.6 Å². The van der Waals surface area contributed by atoms with E-state index >= 15 is 0 Å². The molecule has 3 rings (SSSR count). The van der Waals surface area contributed by atoms with Crippen LogP contribution in [0.2, 0.25) is 0 Å². The summed E-state index contributed by atoms with van der Waals surface area (Å²) in [6.45, 7) is 0. The van der Waals surface area contributed by atoms with Crippen molar-refractivity contribution in [2.75, 3.05) is 0 Å². The van der Waals surface area contributed by atoms with Gasteiger partial charge in [-0.25, -0.2) is 9.18 Å². The Morgan fingerprint density at radius 1 is 1.29 bits per heavy atom.